The molecule has 2 atom stereocenters. The molecule has 0 radical (unpaired) electrons. The highest BCUT2D eigenvalue weighted by molar-refractivity contribution is 7.17. The van der Waals surface area contributed by atoms with E-state index >= 15 is 0 Å². The summed E-state index contributed by atoms with van der Waals surface area (Å²) >= 11 is 1.37. The summed E-state index contributed by atoms with van der Waals surface area (Å²) in [7, 11) is 1.84. The first-order valence-corrected chi connectivity index (χ1v) is 15.5. The van der Waals surface area contributed by atoms with Gasteiger partial charge in [-0.1, -0.05) is 0 Å². The number of carboxylic acid groups (broad SMARTS) is 1. The highest BCUT2D eigenvalue weighted by atomic mass is 32.1. The number of likely N-dealkylation sites (tertiary alicyclic amines) is 1. The zero-order valence-corrected chi connectivity index (χ0v) is 25.5. The van der Waals surface area contributed by atoms with Gasteiger partial charge in [-0.05, 0) is 72.3 Å². The van der Waals surface area contributed by atoms with Crippen molar-refractivity contribution in [1.82, 2.24) is 19.4 Å². The third-order valence-electron chi connectivity index (χ3n) is 9.57. The molecule has 0 amide bonds. The Morgan fingerprint density at radius 2 is 2.02 bits per heavy atom. The second-order valence-corrected chi connectivity index (χ2v) is 13.5. The number of hydrogen-bond donors (Lipinski definition) is 1. The number of piperidine rings is 1. The Hall–Kier alpha value is -2.66. The van der Waals surface area contributed by atoms with Crippen LogP contribution in [0.4, 0.5) is 0 Å². The first-order chi connectivity index (χ1) is 19.5. The molecule has 0 unspecified atom stereocenters. The molecule has 1 saturated heterocycles. The molecule has 0 bridgehead atoms. The number of methoxy groups -OCH3 is 1. The molecule has 41 heavy (non-hydrogen) atoms. The summed E-state index contributed by atoms with van der Waals surface area (Å²) in [4.78, 5) is 37.5. The van der Waals surface area contributed by atoms with E-state index in [0.717, 1.165) is 71.8 Å². The zero-order chi connectivity index (χ0) is 29.1. The standard InChI is InChI=1S/C31H40N4O5S/c1-18-14-23(27-26(32-18)22(16-41-27)29(37)38)30(3,4)40-13-12-35-19(2)33-24-7-6-20(15-21(24)28(35)36)34-11-8-25(39-5)31(17-34)9-10-31/h14,16,20,25H,6-13,15,17H2,1-5H3,(H,37,38)/t20-,25+/m0/s1. The third kappa shape index (κ3) is 5.13. The van der Waals surface area contributed by atoms with Gasteiger partial charge in [-0.15, -0.1) is 11.3 Å². The fourth-order valence-electron chi connectivity index (χ4n) is 7.08. The van der Waals surface area contributed by atoms with E-state index in [0.29, 0.717) is 36.2 Å². The first kappa shape index (κ1) is 28.5. The van der Waals surface area contributed by atoms with Crippen molar-refractivity contribution in [2.45, 2.75) is 90.5 Å². The maximum absolute atomic E-state index is 13.8. The van der Waals surface area contributed by atoms with E-state index < -0.39 is 11.6 Å². The van der Waals surface area contributed by atoms with Crippen LogP contribution in [-0.2, 0) is 34.5 Å². The molecule has 3 aromatic rings. The minimum atomic E-state index is -0.984. The van der Waals surface area contributed by atoms with E-state index in [2.05, 4.69) is 9.88 Å². The number of aromatic carboxylic acids is 1. The quantitative estimate of drug-likeness (QED) is 0.416. The van der Waals surface area contributed by atoms with Crippen LogP contribution in [0.2, 0.25) is 0 Å². The fourth-order valence-corrected chi connectivity index (χ4v) is 8.23. The number of nitrogens with zero attached hydrogens (tertiary/aromatic N) is 4. The van der Waals surface area contributed by atoms with Crippen LogP contribution in [0.5, 0.6) is 0 Å². The van der Waals surface area contributed by atoms with Gasteiger partial charge in [-0.25, -0.2) is 9.78 Å². The lowest BCUT2D eigenvalue weighted by molar-refractivity contribution is -0.0330. The number of aromatic nitrogens is 3. The smallest absolute Gasteiger partial charge is 0.338 e. The van der Waals surface area contributed by atoms with Gasteiger partial charge >= 0.3 is 5.97 Å². The van der Waals surface area contributed by atoms with Crippen LogP contribution in [-0.4, -0.2) is 69.5 Å². The number of pyridine rings is 1. The summed E-state index contributed by atoms with van der Waals surface area (Å²) in [5.74, 6) is -0.263. The van der Waals surface area contributed by atoms with E-state index in [1.54, 1.807) is 9.95 Å². The number of hydrogen-bond acceptors (Lipinski definition) is 8. The lowest BCUT2D eigenvalue weighted by Crippen LogP contribution is -2.51. The van der Waals surface area contributed by atoms with Crippen molar-refractivity contribution in [1.29, 1.82) is 0 Å². The number of carbonyl (C=O) groups is 1. The molecule has 6 rings (SSSR count). The second kappa shape index (κ2) is 10.6. The van der Waals surface area contributed by atoms with Gasteiger partial charge in [0.05, 0.1) is 46.3 Å². The van der Waals surface area contributed by atoms with Gasteiger partial charge in [0.15, 0.2) is 0 Å². The molecule has 3 aliphatic rings. The van der Waals surface area contributed by atoms with Crippen molar-refractivity contribution in [3.63, 3.8) is 0 Å². The SMILES string of the molecule is CO[C@@H]1CCN([C@H]2CCc3nc(C)n(CCOC(C)(C)c4cc(C)nc5c(C(=O)O)csc45)c(=O)c3C2)CC12CC2. The molecular weight excluding hydrogens is 540 g/mol. The minimum absolute atomic E-state index is 0.0537. The Morgan fingerprint density at radius 3 is 2.73 bits per heavy atom. The van der Waals surface area contributed by atoms with Crippen LogP contribution in [0, 0.1) is 19.3 Å². The predicted octanol–water partition coefficient (Wildman–Crippen LogP) is 4.48. The molecule has 1 N–H and O–H groups in total. The summed E-state index contributed by atoms with van der Waals surface area (Å²) in [6.07, 6.45) is 6.55. The average Bonchev–Trinajstić information content (AvgIpc) is 3.56. The molecule has 3 aromatic heterocycles. The van der Waals surface area contributed by atoms with Crippen molar-refractivity contribution in [3.05, 3.63) is 55.7 Å². The molecular formula is C31H40N4O5S. The molecule has 2 fully saturated rings. The maximum atomic E-state index is 13.8. The van der Waals surface area contributed by atoms with Gasteiger partial charge in [0.25, 0.3) is 5.56 Å². The number of fused-ring (bicyclic) bond motifs is 2. The summed E-state index contributed by atoms with van der Waals surface area (Å²) in [6, 6.07) is 2.33. The van der Waals surface area contributed by atoms with Crippen molar-refractivity contribution in [3.8, 4) is 0 Å². The van der Waals surface area contributed by atoms with Gasteiger partial charge < -0.3 is 14.6 Å². The van der Waals surface area contributed by atoms with Crippen molar-refractivity contribution < 1.29 is 19.4 Å². The van der Waals surface area contributed by atoms with E-state index in [1.807, 2.05) is 40.9 Å². The fraction of sp³-hybridized carbons (Fsp3) is 0.613. The van der Waals surface area contributed by atoms with Crippen LogP contribution in [0.3, 0.4) is 0 Å². The normalized spacial score (nSPS) is 22.3. The molecule has 0 aromatic carbocycles. The van der Waals surface area contributed by atoms with E-state index in [9.17, 15) is 14.7 Å². The number of aryl methyl sites for hydroxylation is 3. The molecule has 10 heteroatoms. The highest BCUT2D eigenvalue weighted by Crippen LogP contribution is 2.53. The molecule has 9 nitrogen and oxygen atoms in total. The average molecular weight is 581 g/mol. The summed E-state index contributed by atoms with van der Waals surface area (Å²) in [6.45, 7) is 10.5. The monoisotopic (exact) mass is 580 g/mol. The lowest BCUT2D eigenvalue weighted by Gasteiger charge is -2.43. The second-order valence-electron chi connectivity index (χ2n) is 12.6. The van der Waals surface area contributed by atoms with E-state index in [-0.39, 0.29) is 11.1 Å². The van der Waals surface area contributed by atoms with Gasteiger partial charge in [0, 0.05) is 53.9 Å². The Morgan fingerprint density at radius 1 is 1.24 bits per heavy atom. The predicted molar refractivity (Wildman–Crippen MR) is 158 cm³/mol. The maximum Gasteiger partial charge on any atom is 0.338 e. The van der Waals surface area contributed by atoms with Crippen LogP contribution in [0.1, 0.15) is 78.2 Å². The van der Waals surface area contributed by atoms with Crippen LogP contribution in [0.25, 0.3) is 10.2 Å². The molecule has 1 saturated carbocycles. The highest BCUT2D eigenvalue weighted by Gasteiger charge is 2.53. The Kier molecular flexibility index (Phi) is 7.33. The Labute approximate surface area is 244 Å². The Balaban J connectivity index is 1.18. The van der Waals surface area contributed by atoms with E-state index in [1.165, 1.54) is 24.2 Å². The van der Waals surface area contributed by atoms with E-state index in [4.69, 9.17) is 14.5 Å². The van der Waals surface area contributed by atoms with Crippen LogP contribution >= 0.6 is 11.3 Å². The van der Waals surface area contributed by atoms with Gasteiger partial charge in [0.1, 0.15) is 5.82 Å². The Bertz CT molecular complexity index is 1560. The molecule has 220 valence electrons. The topological polar surface area (TPSA) is 107 Å². The van der Waals surface area contributed by atoms with Gasteiger partial charge in [-0.3, -0.25) is 19.2 Å². The lowest BCUT2D eigenvalue weighted by atomic mass is 9.86. The number of ether oxygens (including phenoxy) is 2. The number of rotatable bonds is 8. The van der Waals surface area contributed by atoms with Gasteiger partial charge in [0.2, 0.25) is 0 Å². The summed E-state index contributed by atoms with van der Waals surface area (Å²) < 4.78 is 14.8. The van der Waals surface area contributed by atoms with Crippen LogP contribution < -0.4 is 5.56 Å². The summed E-state index contributed by atoms with van der Waals surface area (Å²) in [5, 5.41) is 11.2. The first-order valence-electron chi connectivity index (χ1n) is 14.7. The minimum Gasteiger partial charge on any atom is -0.478 e. The van der Waals surface area contributed by atoms with Gasteiger partial charge in [-0.2, -0.15) is 0 Å². The molecule has 4 heterocycles. The third-order valence-corrected chi connectivity index (χ3v) is 10.6. The molecule has 1 aliphatic heterocycles. The van der Waals surface area contributed by atoms with Crippen molar-refractivity contribution >= 4 is 27.5 Å². The zero-order valence-electron chi connectivity index (χ0n) is 24.7. The van der Waals surface area contributed by atoms with Crippen molar-refractivity contribution in [2.24, 2.45) is 5.41 Å². The molecule has 2 aliphatic carbocycles. The largest absolute Gasteiger partial charge is 0.478 e. The van der Waals surface area contributed by atoms with Crippen LogP contribution in [0.15, 0.2) is 16.2 Å². The molecule has 1 spiro atoms. The van der Waals surface area contributed by atoms with Crippen molar-refractivity contribution in [2.75, 3.05) is 26.8 Å². The number of thiophene rings is 1. The number of carboxylic acids is 1. The summed E-state index contributed by atoms with van der Waals surface area (Å²) in [5.41, 5.74) is 3.83.